The lowest BCUT2D eigenvalue weighted by Crippen LogP contribution is -2.38. The van der Waals surface area contributed by atoms with Crippen LogP contribution in [0.1, 0.15) is 18.4 Å². The van der Waals surface area contributed by atoms with Gasteiger partial charge in [-0.05, 0) is 41.8 Å². The predicted molar refractivity (Wildman–Crippen MR) is 79.4 cm³/mol. The van der Waals surface area contributed by atoms with Crippen LogP contribution in [-0.4, -0.2) is 23.1 Å². The lowest BCUT2D eigenvalue weighted by molar-refractivity contribution is 0.0181. The molecule has 18 heavy (non-hydrogen) atoms. The molecule has 0 aromatic carbocycles. The third-order valence-electron chi connectivity index (χ3n) is 3.57. The number of hydrogen-bond acceptors (Lipinski definition) is 2. The van der Waals surface area contributed by atoms with Crippen LogP contribution < -0.4 is 5.56 Å². The minimum atomic E-state index is 0.102. The highest BCUT2D eigenvalue weighted by molar-refractivity contribution is 9.10. The van der Waals surface area contributed by atoms with Gasteiger partial charge in [0.05, 0.1) is 0 Å². The smallest absolute Gasteiger partial charge is 0.253 e. The molecule has 100 valence electrons. The Morgan fingerprint density at radius 1 is 1.44 bits per heavy atom. The van der Waals surface area contributed by atoms with E-state index in [4.69, 9.17) is 4.74 Å². The van der Waals surface area contributed by atoms with Gasteiger partial charge >= 0.3 is 0 Å². The van der Waals surface area contributed by atoms with E-state index in [2.05, 4.69) is 31.9 Å². The zero-order chi connectivity index (χ0) is 13.2. The van der Waals surface area contributed by atoms with Gasteiger partial charge < -0.3 is 9.30 Å². The monoisotopic (exact) mass is 377 g/mol. The second-order valence-electron chi connectivity index (χ2n) is 5.02. The van der Waals surface area contributed by atoms with Gasteiger partial charge in [0.25, 0.3) is 5.56 Å². The molecule has 1 aromatic rings. The normalized spacial score (nSPS) is 18.8. The summed E-state index contributed by atoms with van der Waals surface area (Å²) >= 11 is 7.06. The van der Waals surface area contributed by atoms with Crippen LogP contribution in [0.2, 0.25) is 0 Å². The van der Waals surface area contributed by atoms with Crippen molar-refractivity contribution in [2.45, 2.75) is 26.3 Å². The highest BCUT2D eigenvalue weighted by atomic mass is 79.9. The van der Waals surface area contributed by atoms with Crippen molar-refractivity contribution in [1.29, 1.82) is 0 Å². The molecule has 2 heterocycles. The van der Waals surface area contributed by atoms with E-state index in [9.17, 15) is 4.79 Å². The summed E-state index contributed by atoms with van der Waals surface area (Å²) in [7, 11) is 0. The van der Waals surface area contributed by atoms with Gasteiger partial charge in [0.15, 0.2) is 0 Å². The largest absolute Gasteiger partial charge is 0.381 e. The highest BCUT2D eigenvalue weighted by Crippen LogP contribution is 2.34. The number of aromatic nitrogens is 1. The van der Waals surface area contributed by atoms with Crippen LogP contribution in [0.15, 0.2) is 21.5 Å². The fourth-order valence-corrected chi connectivity index (χ4v) is 3.69. The van der Waals surface area contributed by atoms with Crippen LogP contribution in [0.5, 0.6) is 0 Å². The zero-order valence-corrected chi connectivity index (χ0v) is 13.6. The topological polar surface area (TPSA) is 31.2 Å². The number of alkyl halides is 1. The molecule has 0 unspecified atom stereocenters. The van der Waals surface area contributed by atoms with Gasteiger partial charge in [0, 0.05) is 46.7 Å². The Hall–Kier alpha value is -0.130. The molecule has 0 saturated carbocycles. The van der Waals surface area contributed by atoms with Gasteiger partial charge in [-0.1, -0.05) is 15.9 Å². The fourth-order valence-electron chi connectivity index (χ4n) is 2.36. The van der Waals surface area contributed by atoms with Crippen molar-refractivity contribution in [3.05, 3.63) is 32.7 Å². The Bertz CT molecular complexity index is 478. The maximum atomic E-state index is 12.1. The third kappa shape index (κ3) is 3.06. The molecule has 1 aromatic heterocycles. The lowest BCUT2D eigenvalue weighted by atomic mass is 9.82. The van der Waals surface area contributed by atoms with Crippen molar-refractivity contribution in [3.8, 4) is 0 Å². The predicted octanol–water partition coefficient (Wildman–Crippen LogP) is 3.11. The minimum Gasteiger partial charge on any atom is -0.381 e. The number of ether oxygens (including phenoxy) is 1. The standard InChI is InChI=1S/C13H17Br2NO2/c1-10-6-11(15)7-16(12(10)17)9-13(8-14)2-4-18-5-3-13/h6-7H,2-5,8-9H2,1H3. The SMILES string of the molecule is Cc1cc(Br)cn(CC2(CBr)CCOCC2)c1=O. The first-order valence-electron chi connectivity index (χ1n) is 6.07. The fraction of sp³-hybridized carbons (Fsp3) is 0.615. The first-order valence-corrected chi connectivity index (χ1v) is 7.98. The van der Waals surface area contributed by atoms with Gasteiger partial charge in [-0.3, -0.25) is 4.79 Å². The van der Waals surface area contributed by atoms with Gasteiger partial charge in [-0.25, -0.2) is 0 Å². The molecule has 0 N–H and O–H groups in total. The number of rotatable bonds is 3. The molecule has 1 fully saturated rings. The number of nitrogens with zero attached hydrogens (tertiary/aromatic N) is 1. The van der Waals surface area contributed by atoms with Crippen molar-refractivity contribution in [3.63, 3.8) is 0 Å². The van der Waals surface area contributed by atoms with Crippen molar-refractivity contribution in [2.75, 3.05) is 18.5 Å². The first kappa shape index (κ1) is 14.3. The van der Waals surface area contributed by atoms with Gasteiger partial charge in [0.1, 0.15) is 0 Å². The average molecular weight is 379 g/mol. The number of halogens is 2. The Balaban J connectivity index is 2.29. The maximum Gasteiger partial charge on any atom is 0.253 e. The molecule has 3 nitrogen and oxygen atoms in total. The summed E-state index contributed by atoms with van der Waals surface area (Å²) in [4.78, 5) is 12.1. The lowest BCUT2D eigenvalue weighted by Gasteiger charge is -2.36. The zero-order valence-electron chi connectivity index (χ0n) is 10.4. The second kappa shape index (κ2) is 5.88. The van der Waals surface area contributed by atoms with E-state index in [1.165, 1.54) is 0 Å². The van der Waals surface area contributed by atoms with E-state index in [1.807, 2.05) is 23.8 Å². The molecule has 0 atom stereocenters. The number of aryl methyl sites for hydroxylation is 1. The van der Waals surface area contributed by atoms with E-state index < -0.39 is 0 Å². The molecule has 0 aliphatic carbocycles. The van der Waals surface area contributed by atoms with Crippen LogP contribution in [0, 0.1) is 12.3 Å². The van der Waals surface area contributed by atoms with E-state index in [1.54, 1.807) is 0 Å². The summed E-state index contributed by atoms with van der Waals surface area (Å²) in [5, 5.41) is 0.904. The molecule has 0 radical (unpaired) electrons. The van der Waals surface area contributed by atoms with Crippen molar-refractivity contribution >= 4 is 31.9 Å². The Kier molecular flexibility index (Phi) is 4.67. The van der Waals surface area contributed by atoms with Crippen LogP contribution in [-0.2, 0) is 11.3 Å². The second-order valence-corrected chi connectivity index (χ2v) is 6.50. The quantitative estimate of drug-likeness (QED) is 0.756. The molecule has 1 aliphatic heterocycles. The van der Waals surface area contributed by atoms with Gasteiger partial charge in [-0.2, -0.15) is 0 Å². The molecule has 1 aliphatic rings. The average Bonchev–Trinajstić information content (AvgIpc) is 2.36. The maximum absolute atomic E-state index is 12.1. The van der Waals surface area contributed by atoms with E-state index in [0.717, 1.165) is 48.0 Å². The molecule has 0 spiro atoms. The molecule has 0 amide bonds. The Labute approximate surface area is 124 Å². The molecule has 2 rings (SSSR count). The van der Waals surface area contributed by atoms with Crippen LogP contribution >= 0.6 is 31.9 Å². The molecular weight excluding hydrogens is 362 g/mol. The van der Waals surface area contributed by atoms with Crippen molar-refractivity contribution in [1.82, 2.24) is 4.57 Å². The van der Waals surface area contributed by atoms with Gasteiger partial charge in [0.2, 0.25) is 0 Å². The summed E-state index contributed by atoms with van der Waals surface area (Å²) in [5.74, 6) is 0. The Morgan fingerprint density at radius 2 is 2.11 bits per heavy atom. The molecule has 5 heteroatoms. The summed E-state index contributed by atoms with van der Waals surface area (Å²) in [6, 6.07) is 1.86. The first-order chi connectivity index (χ1) is 8.56. The number of hydrogen-bond donors (Lipinski definition) is 0. The van der Waals surface area contributed by atoms with Crippen LogP contribution in [0.4, 0.5) is 0 Å². The molecular formula is C13H17Br2NO2. The summed E-state index contributed by atoms with van der Waals surface area (Å²) in [5.41, 5.74) is 1.01. The van der Waals surface area contributed by atoms with Crippen molar-refractivity contribution in [2.24, 2.45) is 5.41 Å². The Morgan fingerprint density at radius 3 is 2.72 bits per heavy atom. The third-order valence-corrected chi connectivity index (χ3v) is 5.20. The van der Waals surface area contributed by atoms with Gasteiger partial charge in [-0.15, -0.1) is 0 Å². The summed E-state index contributed by atoms with van der Waals surface area (Å²) in [6.07, 6.45) is 3.88. The van der Waals surface area contributed by atoms with Crippen molar-refractivity contribution < 1.29 is 4.74 Å². The number of pyridine rings is 1. The van der Waals surface area contributed by atoms with Crippen LogP contribution in [0.25, 0.3) is 0 Å². The summed E-state index contributed by atoms with van der Waals surface area (Å²) < 4.78 is 8.20. The van der Waals surface area contributed by atoms with E-state index >= 15 is 0 Å². The van der Waals surface area contributed by atoms with E-state index in [-0.39, 0.29) is 11.0 Å². The highest BCUT2D eigenvalue weighted by Gasteiger charge is 2.32. The molecule has 0 bridgehead atoms. The molecule has 1 saturated heterocycles. The van der Waals surface area contributed by atoms with E-state index in [0.29, 0.717) is 0 Å². The minimum absolute atomic E-state index is 0.102. The van der Waals surface area contributed by atoms with Crippen LogP contribution in [0.3, 0.4) is 0 Å². The summed E-state index contributed by atoms with van der Waals surface area (Å²) in [6.45, 7) is 4.18.